The van der Waals surface area contributed by atoms with Crippen LogP contribution in [0.2, 0.25) is 0 Å². The van der Waals surface area contributed by atoms with Gasteiger partial charge in [-0.05, 0) is 25.5 Å². The van der Waals surface area contributed by atoms with E-state index in [0.29, 0.717) is 19.6 Å². The molecule has 0 aliphatic rings. The highest BCUT2D eigenvalue weighted by molar-refractivity contribution is 7.89. The van der Waals surface area contributed by atoms with Gasteiger partial charge in [-0.3, -0.25) is 10.1 Å². The topological polar surface area (TPSA) is 111 Å². The Morgan fingerprint density at radius 1 is 1.38 bits per heavy atom. The van der Waals surface area contributed by atoms with Gasteiger partial charge in [-0.2, -0.15) is 0 Å². The Balaban J connectivity index is 2.95. The normalized spacial score (nSPS) is 11.3. The van der Waals surface area contributed by atoms with E-state index in [9.17, 15) is 18.5 Å². The molecule has 0 spiro atoms. The van der Waals surface area contributed by atoms with Crippen molar-refractivity contribution in [3.05, 3.63) is 28.3 Å². The monoisotopic (exact) mass is 317 g/mol. The lowest BCUT2D eigenvalue weighted by atomic mass is 10.3. The number of nitrogens with zero attached hydrogens (tertiary/aromatic N) is 1. The van der Waals surface area contributed by atoms with E-state index in [1.54, 1.807) is 0 Å². The van der Waals surface area contributed by atoms with E-state index in [1.165, 1.54) is 25.2 Å². The van der Waals surface area contributed by atoms with E-state index >= 15 is 0 Å². The molecular formula is C12H19N3O5S. The van der Waals surface area contributed by atoms with Gasteiger partial charge in [0.2, 0.25) is 10.0 Å². The summed E-state index contributed by atoms with van der Waals surface area (Å²) in [6, 6.07) is 4.11. The van der Waals surface area contributed by atoms with Crippen molar-refractivity contribution in [1.29, 1.82) is 0 Å². The fourth-order valence-corrected chi connectivity index (χ4v) is 3.00. The lowest BCUT2D eigenvalue weighted by molar-refractivity contribution is -0.386. The highest BCUT2D eigenvalue weighted by Gasteiger charge is 2.28. The number of anilines is 1. The summed E-state index contributed by atoms with van der Waals surface area (Å²) in [5, 5.41) is 13.7. The van der Waals surface area contributed by atoms with Crippen LogP contribution in [0.3, 0.4) is 0 Å². The van der Waals surface area contributed by atoms with E-state index in [2.05, 4.69) is 10.0 Å². The Morgan fingerprint density at radius 3 is 2.67 bits per heavy atom. The standard InChI is InChI=1S/C12H19N3O5S/c1-3-20-9-5-8-14-21(18,19)11-7-4-6-10(13-2)12(11)15(16)17/h4,6-7,13-14H,3,5,8-9H2,1-2H3. The Morgan fingerprint density at radius 2 is 2.10 bits per heavy atom. The molecule has 1 aromatic carbocycles. The first kappa shape index (κ1) is 17.3. The second kappa shape index (κ2) is 7.91. The minimum Gasteiger partial charge on any atom is -0.383 e. The predicted octanol–water partition coefficient (Wildman–Crippen LogP) is 1.34. The fraction of sp³-hybridized carbons (Fsp3) is 0.500. The highest BCUT2D eigenvalue weighted by atomic mass is 32.2. The van der Waals surface area contributed by atoms with Gasteiger partial charge in [0, 0.05) is 26.8 Å². The lowest BCUT2D eigenvalue weighted by Crippen LogP contribution is -2.26. The predicted molar refractivity (Wildman–Crippen MR) is 78.9 cm³/mol. The molecule has 9 heteroatoms. The van der Waals surface area contributed by atoms with Gasteiger partial charge in [-0.15, -0.1) is 0 Å². The quantitative estimate of drug-likeness (QED) is 0.404. The number of nitro benzene ring substituents is 1. The van der Waals surface area contributed by atoms with Crippen molar-refractivity contribution in [2.75, 3.05) is 32.1 Å². The highest BCUT2D eigenvalue weighted by Crippen LogP contribution is 2.31. The summed E-state index contributed by atoms with van der Waals surface area (Å²) in [6.07, 6.45) is 0.493. The first-order chi connectivity index (χ1) is 9.94. The number of rotatable bonds is 9. The molecule has 1 aromatic rings. The third kappa shape index (κ3) is 4.66. The van der Waals surface area contributed by atoms with Crippen molar-refractivity contribution in [2.45, 2.75) is 18.2 Å². The summed E-state index contributed by atoms with van der Waals surface area (Å²) in [5.74, 6) is 0. The second-order valence-corrected chi connectivity index (χ2v) is 5.84. The molecule has 0 unspecified atom stereocenters. The molecule has 0 aromatic heterocycles. The molecule has 0 radical (unpaired) electrons. The molecular weight excluding hydrogens is 298 g/mol. The molecule has 0 saturated heterocycles. The number of sulfonamides is 1. The third-order valence-electron chi connectivity index (χ3n) is 2.70. The number of nitro groups is 1. The van der Waals surface area contributed by atoms with Crippen LogP contribution >= 0.6 is 0 Å². The van der Waals surface area contributed by atoms with Crippen molar-refractivity contribution in [3.8, 4) is 0 Å². The summed E-state index contributed by atoms with van der Waals surface area (Å²) < 4.78 is 31.8. The van der Waals surface area contributed by atoms with Crippen LogP contribution in [0.1, 0.15) is 13.3 Å². The number of hydrogen-bond donors (Lipinski definition) is 2. The van der Waals surface area contributed by atoms with Crippen molar-refractivity contribution in [3.63, 3.8) is 0 Å². The zero-order chi connectivity index (χ0) is 15.9. The maximum atomic E-state index is 12.2. The van der Waals surface area contributed by atoms with Crippen molar-refractivity contribution in [2.24, 2.45) is 0 Å². The van der Waals surface area contributed by atoms with Crippen LogP contribution in [0, 0.1) is 10.1 Å². The van der Waals surface area contributed by atoms with Gasteiger partial charge in [0.25, 0.3) is 0 Å². The van der Waals surface area contributed by atoms with Gasteiger partial charge in [-0.1, -0.05) is 6.07 Å². The summed E-state index contributed by atoms with van der Waals surface area (Å²) >= 11 is 0. The van der Waals surface area contributed by atoms with Gasteiger partial charge < -0.3 is 10.1 Å². The van der Waals surface area contributed by atoms with Crippen LogP contribution in [0.4, 0.5) is 11.4 Å². The van der Waals surface area contributed by atoms with Gasteiger partial charge in [0.1, 0.15) is 5.69 Å². The Hall–Kier alpha value is -1.71. The molecule has 0 atom stereocenters. The van der Waals surface area contributed by atoms with E-state index in [-0.39, 0.29) is 17.1 Å². The molecule has 1 rings (SSSR count). The van der Waals surface area contributed by atoms with E-state index in [0.717, 1.165) is 0 Å². The number of ether oxygens (including phenoxy) is 1. The largest absolute Gasteiger partial charge is 0.383 e. The minimum absolute atomic E-state index is 0.150. The number of hydrogen-bond acceptors (Lipinski definition) is 6. The van der Waals surface area contributed by atoms with E-state index < -0.39 is 20.6 Å². The molecule has 0 fully saturated rings. The summed E-state index contributed by atoms with van der Waals surface area (Å²) in [7, 11) is -2.45. The maximum Gasteiger partial charge on any atom is 0.312 e. The lowest BCUT2D eigenvalue weighted by Gasteiger charge is -2.09. The van der Waals surface area contributed by atoms with E-state index in [1.807, 2.05) is 6.92 Å². The summed E-state index contributed by atoms with van der Waals surface area (Å²) in [4.78, 5) is 10.1. The van der Waals surface area contributed by atoms with Gasteiger partial charge >= 0.3 is 5.69 Å². The molecule has 21 heavy (non-hydrogen) atoms. The smallest absolute Gasteiger partial charge is 0.312 e. The Kier molecular flexibility index (Phi) is 6.53. The number of benzene rings is 1. The first-order valence-electron chi connectivity index (χ1n) is 6.46. The zero-order valence-corrected chi connectivity index (χ0v) is 12.8. The molecule has 0 heterocycles. The van der Waals surface area contributed by atoms with Crippen molar-refractivity contribution < 1.29 is 18.1 Å². The van der Waals surface area contributed by atoms with Crippen LogP contribution < -0.4 is 10.0 Å². The molecule has 0 amide bonds. The summed E-state index contributed by atoms with van der Waals surface area (Å²) in [5.41, 5.74) is -0.311. The molecule has 0 aliphatic carbocycles. The van der Waals surface area contributed by atoms with Gasteiger partial charge in [0.05, 0.1) is 4.92 Å². The van der Waals surface area contributed by atoms with Crippen LogP contribution in [-0.2, 0) is 14.8 Å². The molecule has 118 valence electrons. The fourth-order valence-electron chi connectivity index (χ4n) is 1.73. The average Bonchev–Trinajstić information content (AvgIpc) is 2.46. The average molecular weight is 317 g/mol. The van der Waals surface area contributed by atoms with Crippen LogP contribution in [0.25, 0.3) is 0 Å². The molecule has 0 bridgehead atoms. The number of para-hydroxylation sites is 1. The van der Waals surface area contributed by atoms with Gasteiger partial charge in [0.15, 0.2) is 4.90 Å². The maximum absolute atomic E-state index is 12.2. The summed E-state index contributed by atoms with van der Waals surface area (Å²) in [6.45, 7) is 2.99. The van der Waals surface area contributed by atoms with Crippen LogP contribution in [0.5, 0.6) is 0 Å². The molecule has 2 N–H and O–H groups in total. The molecule has 8 nitrogen and oxygen atoms in total. The van der Waals surface area contributed by atoms with Gasteiger partial charge in [-0.25, -0.2) is 13.1 Å². The Bertz CT molecular complexity index is 589. The molecule has 0 aliphatic heterocycles. The van der Waals surface area contributed by atoms with Crippen LogP contribution in [-0.4, -0.2) is 40.1 Å². The van der Waals surface area contributed by atoms with E-state index in [4.69, 9.17) is 4.74 Å². The number of nitrogens with one attached hydrogen (secondary N) is 2. The second-order valence-electron chi connectivity index (χ2n) is 4.11. The molecule has 0 saturated carbocycles. The zero-order valence-electron chi connectivity index (χ0n) is 12.0. The third-order valence-corrected chi connectivity index (χ3v) is 4.19. The first-order valence-corrected chi connectivity index (χ1v) is 7.95. The van der Waals surface area contributed by atoms with Crippen molar-refractivity contribution in [1.82, 2.24) is 4.72 Å². The minimum atomic E-state index is -3.94. The SMILES string of the molecule is CCOCCCNS(=O)(=O)c1cccc(NC)c1[N+](=O)[O-]. The Labute approximate surface area is 123 Å². The van der Waals surface area contributed by atoms with Crippen LogP contribution in [0.15, 0.2) is 23.1 Å². The van der Waals surface area contributed by atoms with Crippen molar-refractivity contribution >= 4 is 21.4 Å².